The standard InChI is InChI=1S/C17H13ClN6O5/c1-29-14-6-5-10(18)7-13(14)22-17-15(24(27)28)16(19-9-20-17)21-11-3-2-4-12(8-11)23(25)26/h2-9H,1H3,(H2,19,20,21,22). The Kier molecular flexibility index (Phi) is 5.69. The fourth-order valence-electron chi connectivity index (χ4n) is 2.47. The van der Waals surface area contributed by atoms with Crippen LogP contribution in [0.25, 0.3) is 0 Å². The van der Waals surface area contributed by atoms with Gasteiger partial charge >= 0.3 is 5.69 Å². The Morgan fingerprint density at radius 1 is 1.00 bits per heavy atom. The molecule has 0 aliphatic heterocycles. The molecule has 29 heavy (non-hydrogen) atoms. The number of non-ortho nitro benzene ring substituents is 1. The van der Waals surface area contributed by atoms with Gasteiger partial charge in [0.2, 0.25) is 11.6 Å². The highest BCUT2D eigenvalue weighted by molar-refractivity contribution is 6.31. The molecule has 0 saturated heterocycles. The largest absolute Gasteiger partial charge is 0.495 e. The van der Waals surface area contributed by atoms with E-state index in [1.165, 1.54) is 37.4 Å². The van der Waals surface area contributed by atoms with Crippen molar-refractivity contribution < 1.29 is 14.6 Å². The van der Waals surface area contributed by atoms with Crippen LogP contribution in [0.15, 0.2) is 48.8 Å². The van der Waals surface area contributed by atoms with Crippen LogP contribution in [-0.2, 0) is 0 Å². The minimum absolute atomic E-state index is 0.113. The molecule has 0 unspecified atom stereocenters. The Labute approximate surface area is 168 Å². The van der Waals surface area contributed by atoms with Crippen molar-refractivity contribution >= 4 is 46.0 Å². The van der Waals surface area contributed by atoms with Gasteiger partial charge in [-0.1, -0.05) is 17.7 Å². The average molecular weight is 417 g/mol. The Bertz CT molecular complexity index is 1090. The summed E-state index contributed by atoms with van der Waals surface area (Å²) < 4.78 is 5.22. The maximum absolute atomic E-state index is 11.7. The second-order valence-electron chi connectivity index (χ2n) is 5.58. The van der Waals surface area contributed by atoms with Crippen LogP contribution in [0, 0.1) is 20.2 Å². The summed E-state index contributed by atoms with van der Waals surface area (Å²) in [7, 11) is 1.44. The molecular formula is C17H13ClN6O5. The van der Waals surface area contributed by atoms with E-state index in [-0.39, 0.29) is 23.0 Å². The first-order chi connectivity index (χ1) is 13.9. The summed E-state index contributed by atoms with van der Waals surface area (Å²) >= 11 is 5.99. The monoisotopic (exact) mass is 416 g/mol. The Morgan fingerprint density at radius 3 is 2.38 bits per heavy atom. The molecule has 2 aromatic carbocycles. The molecule has 3 rings (SSSR count). The van der Waals surface area contributed by atoms with Gasteiger partial charge in [0.15, 0.2) is 0 Å². The summed E-state index contributed by atoms with van der Waals surface area (Å²) in [5.74, 6) is 0.142. The molecule has 148 valence electrons. The van der Waals surface area contributed by atoms with Crippen LogP contribution in [0.3, 0.4) is 0 Å². The van der Waals surface area contributed by atoms with E-state index in [0.717, 1.165) is 6.33 Å². The van der Waals surface area contributed by atoms with Gasteiger partial charge in [0, 0.05) is 22.8 Å². The molecule has 1 aromatic heterocycles. The fraction of sp³-hybridized carbons (Fsp3) is 0.0588. The zero-order valence-electron chi connectivity index (χ0n) is 14.8. The van der Waals surface area contributed by atoms with Gasteiger partial charge in [-0.15, -0.1) is 0 Å². The van der Waals surface area contributed by atoms with E-state index in [1.54, 1.807) is 12.1 Å². The van der Waals surface area contributed by atoms with Crippen molar-refractivity contribution in [2.24, 2.45) is 0 Å². The van der Waals surface area contributed by atoms with Gasteiger partial charge in [0.1, 0.15) is 12.1 Å². The highest BCUT2D eigenvalue weighted by Gasteiger charge is 2.24. The summed E-state index contributed by atoms with van der Waals surface area (Å²) in [5.41, 5.74) is -0.00913. The van der Waals surface area contributed by atoms with E-state index in [2.05, 4.69) is 20.6 Å². The first-order valence-corrected chi connectivity index (χ1v) is 8.38. The smallest absolute Gasteiger partial charge is 0.353 e. The summed E-state index contributed by atoms with van der Waals surface area (Å²) in [6.07, 6.45) is 1.12. The van der Waals surface area contributed by atoms with Crippen molar-refractivity contribution in [3.8, 4) is 5.75 Å². The third kappa shape index (κ3) is 4.47. The molecule has 1 heterocycles. The molecule has 0 aliphatic rings. The van der Waals surface area contributed by atoms with Crippen LogP contribution in [0.5, 0.6) is 5.75 Å². The van der Waals surface area contributed by atoms with Crippen LogP contribution < -0.4 is 15.4 Å². The molecule has 0 fully saturated rings. The van der Waals surface area contributed by atoms with Crippen molar-refractivity contribution in [2.75, 3.05) is 17.7 Å². The first kappa shape index (κ1) is 19.8. The summed E-state index contributed by atoms with van der Waals surface area (Å²) in [4.78, 5) is 29.2. The number of nitro benzene ring substituents is 1. The number of benzene rings is 2. The zero-order chi connectivity index (χ0) is 21.0. The number of aromatic nitrogens is 2. The molecule has 2 N–H and O–H groups in total. The highest BCUT2D eigenvalue weighted by atomic mass is 35.5. The van der Waals surface area contributed by atoms with E-state index < -0.39 is 15.5 Å². The van der Waals surface area contributed by atoms with Gasteiger partial charge in [-0.25, -0.2) is 9.97 Å². The number of hydrogen-bond acceptors (Lipinski definition) is 9. The first-order valence-electron chi connectivity index (χ1n) is 8.00. The molecule has 0 radical (unpaired) electrons. The second kappa shape index (κ2) is 8.35. The lowest BCUT2D eigenvalue weighted by Gasteiger charge is -2.12. The predicted octanol–water partition coefficient (Wildman–Crippen LogP) is 4.44. The fourth-order valence-corrected chi connectivity index (χ4v) is 2.65. The van der Waals surface area contributed by atoms with E-state index >= 15 is 0 Å². The Hall–Kier alpha value is -3.99. The van der Waals surface area contributed by atoms with Crippen LogP contribution in [0.1, 0.15) is 0 Å². The van der Waals surface area contributed by atoms with Gasteiger partial charge in [-0.2, -0.15) is 0 Å². The molecule has 12 heteroatoms. The molecular weight excluding hydrogens is 404 g/mol. The lowest BCUT2D eigenvalue weighted by atomic mass is 10.2. The molecule has 0 aliphatic carbocycles. The maximum atomic E-state index is 11.7. The van der Waals surface area contributed by atoms with Crippen LogP contribution >= 0.6 is 11.6 Å². The quantitative estimate of drug-likeness (QED) is 0.421. The Morgan fingerprint density at radius 2 is 1.72 bits per heavy atom. The number of methoxy groups -OCH3 is 1. The molecule has 0 atom stereocenters. The summed E-state index contributed by atoms with van der Waals surface area (Å²) in [5, 5.41) is 28.6. The number of rotatable bonds is 7. The van der Waals surface area contributed by atoms with Crippen molar-refractivity contribution in [1.82, 2.24) is 9.97 Å². The van der Waals surface area contributed by atoms with E-state index in [4.69, 9.17) is 16.3 Å². The minimum Gasteiger partial charge on any atom is -0.495 e. The third-order valence-electron chi connectivity index (χ3n) is 3.74. The van der Waals surface area contributed by atoms with E-state index in [0.29, 0.717) is 16.5 Å². The van der Waals surface area contributed by atoms with Crippen molar-refractivity contribution in [2.45, 2.75) is 0 Å². The number of ether oxygens (including phenoxy) is 1. The zero-order valence-corrected chi connectivity index (χ0v) is 15.6. The maximum Gasteiger partial charge on any atom is 0.353 e. The predicted molar refractivity (Wildman–Crippen MR) is 106 cm³/mol. The van der Waals surface area contributed by atoms with E-state index in [9.17, 15) is 20.2 Å². The van der Waals surface area contributed by atoms with Crippen molar-refractivity contribution in [1.29, 1.82) is 0 Å². The van der Waals surface area contributed by atoms with Crippen LogP contribution in [0.2, 0.25) is 5.02 Å². The van der Waals surface area contributed by atoms with Gasteiger partial charge < -0.3 is 15.4 Å². The number of nitrogens with one attached hydrogen (secondary N) is 2. The minimum atomic E-state index is -0.668. The van der Waals surface area contributed by atoms with Gasteiger partial charge in [0.05, 0.1) is 22.6 Å². The summed E-state index contributed by atoms with van der Waals surface area (Å²) in [6.45, 7) is 0. The topological polar surface area (TPSA) is 145 Å². The molecule has 0 bridgehead atoms. The SMILES string of the molecule is COc1ccc(Cl)cc1Nc1ncnc(Nc2cccc([N+](=O)[O-])c2)c1[N+](=O)[O-]. The summed E-state index contributed by atoms with van der Waals surface area (Å²) in [6, 6.07) is 10.2. The number of nitro groups is 2. The Balaban J connectivity index is 2.01. The molecule has 0 saturated carbocycles. The average Bonchev–Trinajstić information content (AvgIpc) is 2.68. The number of hydrogen-bond donors (Lipinski definition) is 2. The normalized spacial score (nSPS) is 10.3. The lowest BCUT2D eigenvalue weighted by molar-refractivity contribution is -0.384. The number of nitrogens with zero attached hydrogens (tertiary/aromatic N) is 4. The molecule has 0 spiro atoms. The number of anilines is 4. The van der Waals surface area contributed by atoms with Crippen LogP contribution in [0.4, 0.5) is 34.4 Å². The van der Waals surface area contributed by atoms with Gasteiger partial charge in [-0.05, 0) is 24.3 Å². The van der Waals surface area contributed by atoms with Gasteiger partial charge in [-0.3, -0.25) is 20.2 Å². The second-order valence-corrected chi connectivity index (χ2v) is 6.02. The lowest BCUT2D eigenvalue weighted by Crippen LogP contribution is -2.06. The molecule has 11 nitrogen and oxygen atoms in total. The van der Waals surface area contributed by atoms with Gasteiger partial charge in [0.25, 0.3) is 5.69 Å². The molecule has 3 aromatic rings. The number of halogens is 1. The van der Waals surface area contributed by atoms with Crippen molar-refractivity contribution in [3.63, 3.8) is 0 Å². The highest BCUT2D eigenvalue weighted by Crippen LogP contribution is 2.36. The van der Waals surface area contributed by atoms with Crippen LogP contribution in [-0.4, -0.2) is 26.9 Å². The van der Waals surface area contributed by atoms with E-state index in [1.807, 2.05) is 0 Å². The van der Waals surface area contributed by atoms with Crippen molar-refractivity contribution in [3.05, 3.63) is 74.0 Å². The molecule has 0 amide bonds. The third-order valence-corrected chi connectivity index (χ3v) is 3.97.